The lowest BCUT2D eigenvalue weighted by Gasteiger charge is -2.33. The van der Waals surface area contributed by atoms with Crippen molar-refractivity contribution in [3.8, 4) is 0 Å². The van der Waals surface area contributed by atoms with Crippen LogP contribution in [0, 0.1) is 0 Å². The van der Waals surface area contributed by atoms with E-state index in [0.717, 1.165) is 32.7 Å². The Kier molecular flexibility index (Phi) is 6.38. The van der Waals surface area contributed by atoms with Crippen molar-refractivity contribution in [3.05, 3.63) is 108 Å². The van der Waals surface area contributed by atoms with Gasteiger partial charge < -0.3 is 9.80 Å². The summed E-state index contributed by atoms with van der Waals surface area (Å²) in [6.07, 6.45) is 0.530. The highest BCUT2D eigenvalue weighted by Gasteiger charge is 2.26. The molecule has 148 valence electrons. The molecule has 29 heavy (non-hydrogen) atoms. The van der Waals surface area contributed by atoms with Gasteiger partial charge in [-0.1, -0.05) is 91.0 Å². The first-order valence-corrected chi connectivity index (χ1v) is 10.5. The minimum Gasteiger partial charge on any atom is -0.331 e. The number of hydrogen-bond acceptors (Lipinski definition) is 1. The van der Waals surface area contributed by atoms with Crippen LogP contribution in [0.15, 0.2) is 91.0 Å². The molecule has 0 aliphatic carbocycles. The Morgan fingerprint density at radius 2 is 1.24 bits per heavy atom. The number of nitrogens with zero attached hydrogens (tertiary/aromatic N) is 1. The predicted molar refractivity (Wildman–Crippen MR) is 117 cm³/mol. The molecule has 1 aliphatic rings. The van der Waals surface area contributed by atoms with Gasteiger partial charge in [0, 0.05) is 17.9 Å². The van der Waals surface area contributed by atoms with Gasteiger partial charge in [0.2, 0.25) is 5.91 Å². The van der Waals surface area contributed by atoms with Crippen molar-refractivity contribution in [3.63, 3.8) is 0 Å². The van der Waals surface area contributed by atoms with Gasteiger partial charge in [-0.15, -0.1) is 0 Å². The number of quaternary nitrogens is 1. The average molecular weight is 386 g/mol. The topological polar surface area (TPSA) is 24.8 Å². The number of hydrogen-bond donors (Lipinski definition) is 1. The summed E-state index contributed by atoms with van der Waals surface area (Å²) in [5.74, 6) is 0.376. The lowest BCUT2D eigenvalue weighted by atomic mass is 9.88. The summed E-state index contributed by atoms with van der Waals surface area (Å²) >= 11 is 0. The van der Waals surface area contributed by atoms with Crippen LogP contribution in [0.3, 0.4) is 0 Å². The van der Waals surface area contributed by atoms with Gasteiger partial charge in [0.1, 0.15) is 6.54 Å². The first-order chi connectivity index (χ1) is 14.3. The highest BCUT2D eigenvalue weighted by atomic mass is 16.2. The average Bonchev–Trinajstić information content (AvgIpc) is 2.80. The molecule has 1 saturated heterocycles. The molecule has 1 amide bonds. The Morgan fingerprint density at radius 3 is 1.76 bits per heavy atom. The lowest BCUT2D eigenvalue weighted by molar-refractivity contribution is -0.917. The molecule has 0 aromatic heterocycles. The monoisotopic (exact) mass is 385 g/mol. The number of piperazine rings is 1. The molecule has 0 spiro atoms. The molecule has 0 radical (unpaired) electrons. The number of benzene rings is 3. The minimum absolute atomic E-state index is 0.111. The Labute approximate surface area is 173 Å². The van der Waals surface area contributed by atoms with Crippen molar-refractivity contribution >= 4 is 5.91 Å². The van der Waals surface area contributed by atoms with Crippen LogP contribution in [-0.2, 0) is 11.3 Å². The molecule has 0 bridgehead atoms. The predicted octanol–water partition coefficient (Wildman–Crippen LogP) is 3.14. The zero-order valence-electron chi connectivity index (χ0n) is 16.8. The van der Waals surface area contributed by atoms with Crippen LogP contribution in [0.25, 0.3) is 0 Å². The summed E-state index contributed by atoms with van der Waals surface area (Å²) in [4.78, 5) is 16.8. The molecule has 1 N–H and O–H groups in total. The summed E-state index contributed by atoms with van der Waals surface area (Å²) < 4.78 is 0. The van der Waals surface area contributed by atoms with E-state index in [1.807, 2.05) is 12.1 Å². The number of carbonyl (C=O) groups excluding carboxylic acids is 1. The second-order valence-electron chi connectivity index (χ2n) is 7.87. The van der Waals surface area contributed by atoms with Gasteiger partial charge in [0.15, 0.2) is 0 Å². The fraction of sp³-hybridized carbons (Fsp3) is 0.269. The summed E-state index contributed by atoms with van der Waals surface area (Å²) in [7, 11) is 0. The molecule has 0 saturated carbocycles. The van der Waals surface area contributed by atoms with Crippen molar-refractivity contribution in [1.29, 1.82) is 0 Å². The van der Waals surface area contributed by atoms with Crippen LogP contribution >= 0.6 is 0 Å². The van der Waals surface area contributed by atoms with Crippen LogP contribution in [-0.4, -0.2) is 37.0 Å². The third-order valence-electron chi connectivity index (χ3n) is 5.90. The molecule has 4 rings (SSSR count). The molecular weight excluding hydrogens is 356 g/mol. The van der Waals surface area contributed by atoms with E-state index in [1.165, 1.54) is 16.7 Å². The van der Waals surface area contributed by atoms with Gasteiger partial charge in [-0.05, 0) is 11.1 Å². The van der Waals surface area contributed by atoms with Gasteiger partial charge in [0.25, 0.3) is 0 Å². The lowest BCUT2D eigenvalue weighted by Crippen LogP contribution is -3.13. The summed E-state index contributed by atoms with van der Waals surface area (Å²) in [6, 6.07) is 31.5. The van der Waals surface area contributed by atoms with Crippen LogP contribution in [0.1, 0.15) is 29.0 Å². The highest BCUT2D eigenvalue weighted by Crippen LogP contribution is 2.28. The molecule has 3 aromatic rings. The number of rotatable bonds is 6. The van der Waals surface area contributed by atoms with E-state index in [1.54, 1.807) is 4.90 Å². The molecule has 3 aromatic carbocycles. The van der Waals surface area contributed by atoms with Crippen LogP contribution < -0.4 is 4.90 Å². The summed E-state index contributed by atoms with van der Waals surface area (Å²) in [6.45, 7) is 4.76. The largest absolute Gasteiger partial charge is 0.331 e. The first-order valence-electron chi connectivity index (χ1n) is 10.5. The van der Waals surface area contributed by atoms with Crippen LogP contribution in [0.2, 0.25) is 0 Å². The number of nitrogens with one attached hydrogen (secondary N) is 1. The molecule has 0 atom stereocenters. The summed E-state index contributed by atoms with van der Waals surface area (Å²) in [5.41, 5.74) is 3.79. The fourth-order valence-corrected chi connectivity index (χ4v) is 4.24. The Hall–Kier alpha value is -2.91. The fourth-order valence-electron chi connectivity index (χ4n) is 4.24. The van der Waals surface area contributed by atoms with Crippen LogP contribution in [0.4, 0.5) is 0 Å². The zero-order valence-corrected chi connectivity index (χ0v) is 16.8. The molecule has 1 fully saturated rings. The second kappa shape index (κ2) is 9.53. The smallest absolute Gasteiger partial charge is 0.223 e. The van der Waals surface area contributed by atoms with E-state index in [0.29, 0.717) is 6.42 Å². The van der Waals surface area contributed by atoms with Crippen molar-refractivity contribution < 1.29 is 9.69 Å². The molecule has 3 nitrogen and oxygen atoms in total. The molecular formula is C26H29N2O+. The minimum atomic E-state index is 0.111. The highest BCUT2D eigenvalue weighted by molar-refractivity contribution is 5.78. The van der Waals surface area contributed by atoms with Gasteiger partial charge in [0.05, 0.1) is 26.2 Å². The maximum Gasteiger partial charge on any atom is 0.223 e. The van der Waals surface area contributed by atoms with E-state index >= 15 is 0 Å². The van der Waals surface area contributed by atoms with Crippen molar-refractivity contribution in [1.82, 2.24) is 4.90 Å². The third kappa shape index (κ3) is 5.12. The molecule has 0 unspecified atom stereocenters. The van der Waals surface area contributed by atoms with E-state index in [4.69, 9.17) is 0 Å². The second-order valence-corrected chi connectivity index (χ2v) is 7.87. The zero-order chi connectivity index (χ0) is 19.9. The third-order valence-corrected chi connectivity index (χ3v) is 5.90. The maximum absolute atomic E-state index is 13.1. The molecule has 1 heterocycles. The Balaban J connectivity index is 1.39. The van der Waals surface area contributed by atoms with Gasteiger partial charge in [-0.25, -0.2) is 0 Å². The quantitative estimate of drug-likeness (QED) is 0.693. The van der Waals surface area contributed by atoms with Crippen molar-refractivity contribution in [2.75, 3.05) is 26.2 Å². The van der Waals surface area contributed by atoms with Crippen molar-refractivity contribution in [2.24, 2.45) is 0 Å². The maximum atomic E-state index is 13.1. The Morgan fingerprint density at radius 1 is 0.759 bits per heavy atom. The SMILES string of the molecule is O=C(CC(c1ccccc1)c1ccccc1)N1CC[NH+](Cc2ccccc2)CC1. The number of amides is 1. The van der Waals surface area contributed by atoms with E-state index < -0.39 is 0 Å². The van der Waals surface area contributed by atoms with Crippen LogP contribution in [0.5, 0.6) is 0 Å². The number of carbonyl (C=O) groups is 1. The normalized spacial score (nSPS) is 14.9. The summed E-state index contributed by atoms with van der Waals surface area (Å²) in [5, 5.41) is 0. The Bertz CT molecular complexity index is 848. The van der Waals surface area contributed by atoms with Gasteiger partial charge in [-0.2, -0.15) is 0 Å². The first kappa shape index (κ1) is 19.4. The van der Waals surface area contributed by atoms with Gasteiger partial charge >= 0.3 is 0 Å². The van der Waals surface area contributed by atoms with Crippen molar-refractivity contribution in [2.45, 2.75) is 18.9 Å². The van der Waals surface area contributed by atoms with Gasteiger partial charge in [-0.3, -0.25) is 4.79 Å². The van der Waals surface area contributed by atoms with E-state index in [9.17, 15) is 4.79 Å². The van der Waals surface area contributed by atoms with E-state index in [2.05, 4.69) is 83.8 Å². The molecule has 1 aliphatic heterocycles. The standard InChI is InChI=1S/C26H28N2O/c29-26(28-18-16-27(17-19-28)21-22-10-4-1-5-11-22)20-25(23-12-6-2-7-13-23)24-14-8-3-9-15-24/h1-15,25H,16-21H2/p+1. The van der Waals surface area contributed by atoms with E-state index in [-0.39, 0.29) is 11.8 Å². The molecule has 3 heteroatoms.